The number of carbonyl (C=O) groups excluding carboxylic acids is 1. The molecule has 154 valence electrons. The van der Waals surface area contributed by atoms with Gasteiger partial charge in [-0.1, -0.05) is 0 Å². The number of hydrazone groups is 1. The number of carbonyl (C=O) groups is 1. The zero-order chi connectivity index (χ0) is 21.0. The van der Waals surface area contributed by atoms with Gasteiger partial charge in [0.05, 0.1) is 25.8 Å². The van der Waals surface area contributed by atoms with Crippen molar-refractivity contribution < 1.29 is 32.5 Å². The number of benzene rings is 1. The number of fused-ring (bicyclic) bond motifs is 3. The summed E-state index contributed by atoms with van der Waals surface area (Å²) in [5.74, 6) is -1.50. The lowest BCUT2D eigenvalue weighted by Gasteiger charge is -2.38. The Kier molecular flexibility index (Phi) is 4.54. The molecule has 0 bridgehead atoms. The number of aromatic nitrogens is 1. The molecule has 7 nitrogen and oxygen atoms in total. The number of aliphatic hydroxyl groups is 1. The number of anilines is 1. The number of thiazole rings is 1. The molecule has 1 aliphatic carbocycles. The Hall–Kier alpha value is -2.66. The first kappa shape index (κ1) is 19.6. The Morgan fingerprint density at radius 2 is 2.14 bits per heavy atom. The Labute approximate surface area is 167 Å². The molecule has 0 radical (unpaired) electrons. The van der Waals surface area contributed by atoms with E-state index < -0.39 is 23.8 Å². The summed E-state index contributed by atoms with van der Waals surface area (Å²) in [6.45, 7) is 0. The van der Waals surface area contributed by atoms with Crippen LogP contribution in [0.4, 0.5) is 18.3 Å². The van der Waals surface area contributed by atoms with Gasteiger partial charge in [-0.2, -0.15) is 23.3 Å². The van der Waals surface area contributed by atoms with Crippen LogP contribution < -0.4 is 9.75 Å². The molecule has 1 N–H and O–H groups in total. The van der Waals surface area contributed by atoms with E-state index in [1.165, 1.54) is 12.5 Å². The number of nitrogens with zero attached hydrogens (tertiary/aromatic N) is 3. The number of halogens is 3. The van der Waals surface area contributed by atoms with Gasteiger partial charge in [-0.3, -0.25) is 0 Å². The van der Waals surface area contributed by atoms with Gasteiger partial charge in [0.2, 0.25) is 5.13 Å². The highest BCUT2D eigenvalue weighted by atomic mass is 32.1. The van der Waals surface area contributed by atoms with E-state index in [1.807, 2.05) is 0 Å². The van der Waals surface area contributed by atoms with Gasteiger partial charge in [-0.15, -0.1) is 11.3 Å². The molecule has 0 amide bonds. The summed E-state index contributed by atoms with van der Waals surface area (Å²) in [4.78, 5) is 15.5. The summed E-state index contributed by atoms with van der Waals surface area (Å²) in [6, 6.07) is 5.03. The lowest BCUT2D eigenvalue weighted by Crippen LogP contribution is -2.60. The van der Waals surface area contributed by atoms with Crippen LogP contribution in [0.15, 0.2) is 28.7 Å². The van der Waals surface area contributed by atoms with Crippen molar-refractivity contribution in [2.24, 2.45) is 11.0 Å². The van der Waals surface area contributed by atoms with Crippen molar-refractivity contribution in [2.45, 2.75) is 24.7 Å². The fourth-order valence-corrected chi connectivity index (χ4v) is 4.49. The standard InChI is InChI=1S/C18H16F3N3O4S/c1-27-10-4-5-11-9(7-10)3-6-12-14(11)23-24(17(12,26)18(19,20)21)16-22-13(8-29-16)15(25)28-2/h4-5,7-8,12,26H,3,6H2,1-2H3/t12-,17-/m1/s1. The Bertz CT molecular complexity index is 1010. The van der Waals surface area contributed by atoms with Crippen molar-refractivity contribution in [3.63, 3.8) is 0 Å². The van der Waals surface area contributed by atoms with Crippen LogP contribution in [0, 0.1) is 5.92 Å². The van der Waals surface area contributed by atoms with Gasteiger partial charge < -0.3 is 14.6 Å². The van der Waals surface area contributed by atoms with Gasteiger partial charge in [0, 0.05) is 10.9 Å². The second-order valence-electron chi connectivity index (χ2n) is 6.64. The van der Waals surface area contributed by atoms with Crippen LogP contribution in [-0.4, -0.2) is 47.9 Å². The fraction of sp³-hybridized carbons (Fsp3) is 0.389. The molecule has 2 heterocycles. The molecule has 2 aliphatic rings. The van der Waals surface area contributed by atoms with Gasteiger partial charge in [0.1, 0.15) is 5.75 Å². The Morgan fingerprint density at radius 1 is 1.38 bits per heavy atom. The van der Waals surface area contributed by atoms with E-state index in [9.17, 15) is 23.1 Å². The molecular formula is C18H16F3N3O4S. The smallest absolute Gasteiger partial charge is 0.439 e. The highest BCUT2D eigenvalue weighted by Gasteiger charge is 2.68. The van der Waals surface area contributed by atoms with Gasteiger partial charge in [-0.25, -0.2) is 9.78 Å². The van der Waals surface area contributed by atoms with Crippen molar-refractivity contribution in [3.05, 3.63) is 40.4 Å². The molecule has 0 spiro atoms. The minimum atomic E-state index is -5.01. The van der Waals surface area contributed by atoms with Crippen molar-refractivity contribution in [2.75, 3.05) is 19.2 Å². The van der Waals surface area contributed by atoms with Crippen LogP contribution in [-0.2, 0) is 11.2 Å². The predicted octanol–water partition coefficient (Wildman–Crippen LogP) is 2.98. The summed E-state index contributed by atoms with van der Waals surface area (Å²) in [6.07, 6.45) is -4.64. The second kappa shape index (κ2) is 6.70. The third-order valence-corrected chi connectivity index (χ3v) is 5.94. The predicted molar refractivity (Wildman–Crippen MR) is 98.3 cm³/mol. The molecule has 0 unspecified atom stereocenters. The van der Waals surface area contributed by atoms with Gasteiger partial charge in [0.25, 0.3) is 5.72 Å². The molecule has 1 aromatic heterocycles. The first-order valence-corrected chi connectivity index (χ1v) is 9.47. The lowest BCUT2D eigenvalue weighted by atomic mass is 9.77. The maximum Gasteiger partial charge on any atom is 0.439 e. The minimum Gasteiger partial charge on any atom is -0.497 e. The molecule has 29 heavy (non-hydrogen) atoms. The first-order valence-electron chi connectivity index (χ1n) is 8.59. The molecule has 2 atom stereocenters. The Morgan fingerprint density at radius 3 is 2.79 bits per heavy atom. The molecule has 0 fully saturated rings. The zero-order valence-electron chi connectivity index (χ0n) is 15.4. The summed E-state index contributed by atoms with van der Waals surface area (Å²) >= 11 is 0.769. The van der Waals surface area contributed by atoms with Gasteiger partial charge in [0.15, 0.2) is 5.69 Å². The molecule has 2 aromatic rings. The lowest BCUT2D eigenvalue weighted by molar-refractivity contribution is -0.268. The number of methoxy groups -OCH3 is 2. The molecule has 1 aliphatic heterocycles. The van der Waals surface area contributed by atoms with Crippen LogP contribution in [0.3, 0.4) is 0 Å². The van der Waals surface area contributed by atoms with Crippen molar-refractivity contribution in [3.8, 4) is 5.75 Å². The van der Waals surface area contributed by atoms with E-state index in [4.69, 9.17) is 4.74 Å². The van der Waals surface area contributed by atoms with E-state index >= 15 is 0 Å². The number of esters is 1. The number of hydrogen-bond acceptors (Lipinski definition) is 8. The largest absolute Gasteiger partial charge is 0.497 e. The topological polar surface area (TPSA) is 84.2 Å². The Balaban J connectivity index is 1.84. The minimum absolute atomic E-state index is 0.0424. The highest BCUT2D eigenvalue weighted by molar-refractivity contribution is 7.14. The van der Waals surface area contributed by atoms with Crippen molar-refractivity contribution in [1.29, 1.82) is 0 Å². The van der Waals surface area contributed by atoms with Crippen LogP contribution in [0.2, 0.25) is 0 Å². The van der Waals surface area contributed by atoms with Crippen molar-refractivity contribution in [1.82, 2.24) is 4.98 Å². The van der Waals surface area contributed by atoms with Gasteiger partial charge in [-0.05, 0) is 36.6 Å². The molecule has 4 rings (SSSR count). The van der Waals surface area contributed by atoms with Gasteiger partial charge >= 0.3 is 12.1 Å². The number of rotatable bonds is 3. The zero-order valence-corrected chi connectivity index (χ0v) is 16.2. The number of ether oxygens (including phenoxy) is 2. The molecule has 0 saturated heterocycles. The SMILES string of the molecule is COC(=O)c1csc(N2N=C3c4ccc(OC)cc4CC[C@H]3[C@@]2(O)C(F)(F)F)n1. The quantitative estimate of drug-likeness (QED) is 0.759. The van der Waals surface area contributed by atoms with Crippen LogP contribution in [0.1, 0.15) is 28.0 Å². The van der Waals surface area contributed by atoms with E-state index in [1.54, 1.807) is 18.2 Å². The average molecular weight is 427 g/mol. The molecular weight excluding hydrogens is 411 g/mol. The summed E-state index contributed by atoms with van der Waals surface area (Å²) in [5, 5.41) is 16.5. The molecule has 1 aromatic carbocycles. The van der Waals surface area contributed by atoms with E-state index in [0.717, 1.165) is 24.0 Å². The normalized spacial score (nSPS) is 23.3. The van der Waals surface area contributed by atoms with Crippen LogP contribution >= 0.6 is 11.3 Å². The van der Waals surface area contributed by atoms with Crippen LogP contribution in [0.25, 0.3) is 0 Å². The molecule has 11 heteroatoms. The fourth-order valence-electron chi connectivity index (χ4n) is 3.69. The average Bonchev–Trinajstić information content (AvgIpc) is 3.30. The number of alkyl halides is 3. The second-order valence-corrected chi connectivity index (χ2v) is 7.48. The molecule has 0 saturated carbocycles. The highest BCUT2D eigenvalue weighted by Crippen LogP contribution is 2.50. The summed E-state index contributed by atoms with van der Waals surface area (Å²) in [7, 11) is 2.65. The van der Waals surface area contributed by atoms with Crippen molar-refractivity contribution >= 4 is 28.1 Å². The maximum atomic E-state index is 14.1. The number of aryl methyl sites for hydroxylation is 1. The number of hydrogen-bond donors (Lipinski definition) is 1. The summed E-state index contributed by atoms with van der Waals surface area (Å²) in [5.41, 5.74) is -1.98. The third kappa shape index (κ3) is 2.87. The van der Waals surface area contributed by atoms with E-state index in [0.29, 0.717) is 22.7 Å². The van der Waals surface area contributed by atoms with Crippen LogP contribution in [0.5, 0.6) is 5.75 Å². The monoisotopic (exact) mass is 427 g/mol. The maximum absolute atomic E-state index is 14.1. The van der Waals surface area contributed by atoms with E-state index in [2.05, 4.69) is 14.8 Å². The van der Waals surface area contributed by atoms with E-state index in [-0.39, 0.29) is 23.0 Å². The summed E-state index contributed by atoms with van der Waals surface area (Å²) < 4.78 is 52.0. The third-order valence-electron chi connectivity index (χ3n) is 5.12. The first-order chi connectivity index (χ1) is 13.7.